The molecule has 0 fully saturated rings. The second-order valence-corrected chi connectivity index (χ2v) is 6.15. The molecule has 4 nitrogen and oxygen atoms in total. The summed E-state index contributed by atoms with van der Waals surface area (Å²) in [5, 5.41) is 4.31. The molecule has 2 N–H and O–H groups in total. The average molecular weight is 363 g/mol. The summed E-state index contributed by atoms with van der Waals surface area (Å²) in [6.45, 7) is -1.42. The van der Waals surface area contributed by atoms with E-state index in [1.807, 2.05) is 0 Å². The lowest BCUT2D eigenvalue weighted by molar-refractivity contribution is -0.123. The molecule has 0 atom stereocenters. The second-order valence-electron chi connectivity index (χ2n) is 4.44. The van der Waals surface area contributed by atoms with Crippen LogP contribution in [0.3, 0.4) is 0 Å². The number of hydrogen-bond acceptors (Lipinski definition) is 3. The summed E-state index contributed by atoms with van der Waals surface area (Å²) < 4.78 is 36.7. The van der Waals surface area contributed by atoms with E-state index in [1.165, 1.54) is 24.3 Å². The van der Waals surface area contributed by atoms with Gasteiger partial charge in [-0.2, -0.15) is 13.2 Å². The van der Waals surface area contributed by atoms with Crippen LogP contribution in [0.2, 0.25) is 4.34 Å². The van der Waals surface area contributed by atoms with Crippen LogP contribution in [0.15, 0.2) is 36.4 Å². The SMILES string of the molecule is O=C(NCC(F)(F)F)c1cccc(NC(=O)c2ccc(Cl)s2)c1. The molecule has 0 saturated heterocycles. The van der Waals surface area contributed by atoms with Gasteiger partial charge >= 0.3 is 6.18 Å². The molecule has 0 bridgehead atoms. The minimum Gasteiger partial charge on any atom is -0.343 e. The summed E-state index contributed by atoms with van der Waals surface area (Å²) in [5.74, 6) is -1.30. The zero-order valence-corrected chi connectivity index (χ0v) is 13.0. The van der Waals surface area contributed by atoms with Gasteiger partial charge in [-0.1, -0.05) is 17.7 Å². The number of hydrogen-bond donors (Lipinski definition) is 2. The van der Waals surface area contributed by atoms with E-state index in [2.05, 4.69) is 5.32 Å². The van der Waals surface area contributed by atoms with Crippen LogP contribution >= 0.6 is 22.9 Å². The standard InChI is InChI=1S/C14H10ClF3N2O2S/c15-11-5-4-10(23-11)13(22)20-9-3-1-2-8(6-9)12(21)19-7-14(16,17)18/h1-6H,7H2,(H,19,21)(H,20,22). The van der Waals surface area contributed by atoms with Crippen molar-refractivity contribution in [1.29, 1.82) is 0 Å². The summed E-state index contributed by atoms with van der Waals surface area (Å²) in [5.41, 5.74) is 0.301. The molecule has 9 heteroatoms. The van der Waals surface area contributed by atoms with Gasteiger partial charge in [-0.15, -0.1) is 11.3 Å². The average Bonchev–Trinajstić information content (AvgIpc) is 2.91. The highest BCUT2D eigenvalue weighted by Gasteiger charge is 2.27. The number of anilines is 1. The monoisotopic (exact) mass is 362 g/mol. The van der Waals surface area contributed by atoms with Crippen molar-refractivity contribution in [2.24, 2.45) is 0 Å². The minimum absolute atomic E-state index is 0.0104. The summed E-state index contributed by atoms with van der Waals surface area (Å²) in [6, 6.07) is 8.74. The number of alkyl halides is 3. The Morgan fingerprint density at radius 1 is 1.13 bits per heavy atom. The summed E-state index contributed by atoms with van der Waals surface area (Å²) in [6.07, 6.45) is -4.49. The lowest BCUT2D eigenvalue weighted by Crippen LogP contribution is -2.33. The lowest BCUT2D eigenvalue weighted by Gasteiger charge is -2.09. The van der Waals surface area contributed by atoms with Crippen molar-refractivity contribution >= 4 is 40.4 Å². The van der Waals surface area contributed by atoms with E-state index in [1.54, 1.807) is 17.4 Å². The number of benzene rings is 1. The van der Waals surface area contributed by atoms with E-state index >= 15 is 0 Å². The Kier molecular flexibility index (Phi) is 5.27. The number of nitrogens with one attached hydrogen (secondary N) is 2. The van der Waals surface area contributed by atoms with Crippen LogP contribution < -0.4 is 10.6 Å². The van der Waals surface area contributed by atoms with Crippen LogP contribution in [0, 0.1) is 0 Å². The number of amides is 2. The topological polar surface area (TPSA) is 58.2 Å². The molecule has 122 valence electrons. The largest absolute Gasteiger partial charge is 0.405 e. The van der Waals surface area contributed by atoms with Gasteiger partial charge in [0.05, 0.1) is 9.21 Å². The number of thiophene rings is 1. The van der Waals surface area contributed by atoms with Crippen molar-refractivity contribution in [1.82, 2.24) is 5.32 Å². The summed E-state index contributed by atoms with van der Waals surface area (Å²) in [4.78, 5) is 24.0. The normalized spacial score (nSPS) is 11.1. The first-order valence-corrected chi connectivity index (χ1v) is 7.46. The maximum absolute atomic E-state index is 12.1. The fourth-order valence-corrected chi connectivity index (χ4v) is 2.59. The predicted octanol–water partition coefficient (Wildman–Crippen LogP) is 3.95. The van der Waals surface area contributed by atoms with Crippen LogP contribution in [0.4, 0.5) is 18.9 Å². The quantitative estimate of drug-likeness (QED) is 0.865. The van der Waals surface area contributed by atoms with Gasteiger partial charge < -0.3 is 10.6 Å². The Morgan fingerprint density at radius 3 is 2.48 bits per heavy atom. The lowest BCUT2D eigenvalue weighted by atomic mass is 10.2. The van der Waals surface area contributed by atoms with Gasteiger partial charge in [0.15, 0.2) is 0 Å². The first-order valence-electron chi connectivity index (χ1n) is 6.26. The van der Waals surface area contributed by atoms with Crippen molar-refractivity contribution in [2.75, 3.05) is 11.9 Å². The fraction of sp³-hybridized carbons (Fsp3) is 0.143. The smallest absolute Gasteiger partial charge is 0.343 e. The summed E-state index contributed by atoms with van der Waals surface area (Å²) >= 11 is 6.83. The van der Waals surface area contributed by atoms with E-state index in [-0.39, 0.29) is 5.56 Å². The highest BCUT2D eigenvalue weighted by Crippen LogP contribution is 2.22. The van der Waals surface area contributed by atoms with Gasteiger partial charge in [0.25, 0.3) is 11.8 Å². The number of halogens is 4. The van der Waals surface area contributed by atoms with Gasteiger partial charge in [-0.05, 0) is 30.3 Å². The highest BCUT2D eigenvalue weighted by molar-refractivity contribution is 7.18. The van der Waals surface area contributed by atoms with Gasteiger partial charge in [-0.25, -0.2) is 0 Å². The Hall–Kier alpha value is -2.06. The molecular weight excluding hydrogens is 353 g/mol. The third-order valence-corrected chi connectivity index (χ3v) is 3.86. The maximum atomic E-state index is 12.1. The van der Waals surface area contributed by atoms with Crippen LogP contribution in [0.1, 0.15) is 20.0 Å². The van der Waals surface area contributed by atoms with Gasteiger partial charge in [0, 0.05) is 11.3 Å². The minimum atomic E-state index is -4.49. The van der Waals surface area contributed by atoms with E-state index < -0.39 is 24.5 Å². The van der Waals surface area contributed by atoms with Crippen LogP contribution in [-0.4, -0.2) is 24.5 Å². The van der Waals surface area contributed by atoms with Gasteiger partial charge in [0.2, 0.25) is 0 Å². The Labute approximate surface area is 138 Å². The molecule has 0 unspecified atom stereocenters. The molecule has 0 aliphatic heterocycles. The number of rotatable bonds is 4. The van der Waals surface area contributed by atoms with Gasteiger partial charge in [0.1, 0.15) is 6.54 Å². The van der Waals surface area contributed by atoms with Crippen molar-refractivity contribution in [3.8, 4) is 0 Å². The molecular formula is C14H10ClF3N2O2S. The van der Waals surface area contributed by atoms with E-state index in [9.17, 15) is 22.8 Å². The molecule has 0 saturated carbocycles. The van der Waals surface area contributed by atoms with Crippen LogP contribution in [0.25, 0.3) is 0 Å². The van der Waals surface area contributed by atoms with E-state index in [0.717, 1.165) is 11.3 Å². The number of carbonyl (C=O) groups excluding carboxylic acids is 2. The van der Waals surface area contributed by atoms with Crippen molar-refractivity contribution < 1.29 is 22.8 Å². The van der Waals surface area contributed by atoms with Crippen molar-refractivity contribution in [2.45, 2.75) is 6.18 Å². The van der Waals surface area contributed by atoms with Crippen LogP contribution in [0.5, 0.6) is 0 Å². The van der Waals surface area contributed by atoms with E-state index in [4.69, 9.17) is 11.6 Å². The van der Waals surface area contributed by atoms with Crippen LogP contribution in [-0.2, 0) is 0 Å². The Balaban J connectivity index is 2.04. The predicted molar refractivity (Wildman–Crippen MR) is 82.1 cm³/mol. The third kappa shape index (κ3) is 5.26. The Morgan fingerprint density at radius 2 is 1.87 bits per heavy atom. The third-order valence-electron chi connectivity index (χ3n) is 2.63. The molecule has 23 heavy (non-hydrogen) atoms. The second kappa shape index (κ2) is 7.01. The molecule has 1 aromatic carbocycles. The van der Waals surface area contributed by atoms with Crippen molar-refractivity contribution in [3.05, 3.63) is 51.2 Å². The maximum Gasteiger partial charge on any atom is 0.405 e. The molecule has 0 radical (unpaired) electrons. The van der Waals surface area contributed by atoms with Crippen molar-refractivity contribution in [3.63, 3.8) is 0 Å². The zero-order chi connectivity index (χ0) is 17.0. The zero-order valence-electron chi connectivity index (χ0n) is 11.4. The Bertz CT molecular complexity index is 731. The van der Waals surface area contributed by atoms with Gasteiger partial charge in [-0.3, -0.25) is 9.59 Å². The summed E-state index contributed by atoms with van der Waals surface area (Å²) in [7, 11) is 0. The highest BCUT2D eigenvalue weighted by atomic mass is 35.5. The molecule has 2 aromatic rings. The molecule has 2 amide bonds. The van der Waals surface area contributed by atoms with E-state index in [0.29, 0.717) is 14.9 Å². The molecule has 0 spiro atoms. The molecule has 1 heterocycles. The first-order chi connectivity index (χ1) is 10.7. The molecule has 0 aliphatic carbocycles. The fourth-order valence-electron chi connectivity index (χ4n) is 1.65. The number of carbonyl (C=O) groups is 2. The first kappa shape index (κ1) is 17.3. The molecule has 2 rings (SSSR count). The molecule has 1 aromatic heterocycles. The molecule has 0 aliphatic rings.